The van der Waals surface area contributed by atoms with Gasteiger partial charge in [-0.05, 0) is 73.4 Å². The summed E-state index contributed by atoms with van der Waals surface area (Å²) in [6, 6.07) is 12.2. The summed E-state index contributed by atoms with van der Waals surface area (Å²) in [4.78, 5) is 35.4. The topological polar surface area (TPSA) is 95.5 Å². The molecule has 0 spiro atoms. The van der Waals surface area contributed by atoms with Crippen LogP contribution in [-0.2, 0) is 4.79 Å². The minimum absolute atomic E-state index is 0.203. The summed E-state index contributed by atoms with van der Waals surface area (Å²) in [6.45, 7) is 0.573. The Balaban J connectivity index is 1.41. The van der Waals surface area contributed by atoms with Gasteiger partial charge in [-0.25, -0.2) is 0 Å². The lowest BCUT2D eigenvalue weighted by Crippen LogP contribution is -2.34. The molecule has 0 bridgehead atoms. The first kappa shape index (κ1) is 24.1. The second-order valence-corrected chi connectivity index (χ2v) is 8.89. The Bertz CT molecular complexity index is 970. The molecule has 1 saturated carbocycles. The lowest BCUT2D eigenvalue weighted by atomic mass is 9.77. The maximum Gasteiger partial charge on any atom is 0.303 e. The third-order valence-electron chi connectivity index (χ3n) is 5.83. The average Bonchev–Trinajstić information content (AvgIpc) is 2.78. The Hall–Kier alpha value is -2.57. The molecule has 2 amide bonds. The average molecular weight is 477 g/mol. The number of hydrogen-bond donors (Lipinski definition) is 3. The number of carbonyl (C=O) groups is 3. The molecule has 170 valence electrons. The van der Waals surface area contributed by atoms with Crippen molar-refractivity contribution in [2.24, 2.45) is 5.92 Å². The van der Waals surface area contributed by atoms with Gasteiger partial charge in [0.05, 0.1) is 10.0 Å². The molecule has 1 aliphatic rings. The molecule has 1 aliphatic carbocycles. The van der Waals surface area contributed by atoms with E-state index in [9.17, 15) is 14.4 Å². The Labute approximate surface area is 197 Å². The SMILES string of the molecule is O=C(O)CC1CCC(c2ccc(C(=O)NCCNC(=O)c3ccc(Cl)c(Cl)c3)cc2)CC1. The van der Waals surface area contributed by atoms with Gasteiger partial charge in [-0.1, -0.05) is 35.3 Å². The van der Waals surface area contributed by atoms with E-state index in [4.69, 9.17) is 28.3 Å². The molecule has 6 nitrogen and oxygen atoms in total. The molecule has 0 radical (unpaired) electrons. The maximum absolute atomic E-state index is 12.4. The number of halogens is 2. The number of rotatable bonds is 8. The quantitative estimate of drug-likeness (QED) is 0.472. The molecule has 2 aromatic carbocycles. The Morgan fingerprint density at radius 2 is 1.38 bits per heavy atom. The zero-order valence-corrected chi connectivity index (χ0v) is 19.1. The van der Waals surface area contributed by atoms with Gasteiger partial charge < -0.3 is 15.7 Å². The van der Waals surface area contributed by atoms with Crippen molar-refractivity contribution in [3.05, 3.63) is 69.2 Å². The van der Waals surface area contributed by atoms with E-state index >= 15 is 0 Å². The van der Waals surface area contributed by atoms with Crippen molar-refractivity contribution in [3.8, 4) is 0 Å². The lowest BCUT2D eigenvalue weighted by Gasteiger charge is -2.28. The number of nitrogens with one attached hydrogen (secondary N) is 2. The number of carbonyl (C=O) groups excluding carboxylic acids is 2. The number of benzene rings is 2. The first-order valence-corrected chi connectivity index (χ1v) is 11.4. The van der Waals surface area contributed by atoms with Crippen LogP contribution in [0.1, 0.15) is 64.3 Å². The molecule has 0 aliphatic heterocycles. The van der Waals surface area contributed by atoms with Crippen LogP contribution >= 0.6 is 23.2 Å². The fourth-order valence-electron chi connectivity index (χ4n) is 4.05. The van der Waals surface area contributed by atoms with Crippen LogP contribution < -0.4 is 10.6 Å². The highest BCUT2D eigenvalue weighted by Gasteiger charge is 2.24. The number of hydrogen-bond acceptors (Lipinski definition) is 3. The molecule has 1 fully saturated rings. The minimum atomic E-state index is -0.724. The normalized spacial score (nSPS) is 18.1. The second kappa shape index (κ2) is 11.3. The molecule has 0 unspecified atom stereocenters. The van der Waals surface area contributed by atoms with E-state index in [-0.39, 0.29) is 30.7 Å². The van der Waals surface area contributed by atoms with Crippen LogP contribution in [0.15, 0.2) is 42.5 Å². The van der Waals surface area contributed by atoms with Crippen molar-refractivity contribution < 1.29 is 19.5 Å². The summed E-state index contributed by atoms with van der Waals surface area (Å²) < 4.78 is 0. The molecule has 0 atom stereocenters. The van der Waals surface area contributed by atoms with Crippen LogP contribution in [0.25, 0.3) is 0 Å². The highest BCUT2D eigenvalue weighted by Crippen LogP contribution is 2.37. The van der Waals surface area contributed by atoms with Crippen molar-refractivity contribution >= 4 is 41.0 Å². The van der Waals surface area contributed by atoms with Crippen LogP contribution in [0.2, 0.25) is 10.0 Å². The van der Waals surface area contributed by atoms with Gasteiger partial charge in [0.2, 0.25) is 0 Å². The molecular weight excluding hydrogens is 451 g/mol. The van der Waals surface area contributed by atoms with E-state index in [2.05, 4.69) is 10.6 Å². The molecule has 3 N–H and O–H groups in total. The zero-order valence-electron chi connectivity index (χ0n) is 17.6. The van der Waals surface area contributed by atoms with Gasteiger partial charge in [-0.2, -0.15) is 0 Å². The summed E-state index contributed by atoms with van der Waals surface area (Å²) >= 11 is 11.8. The summed E-state index contributed by atoms with van der Waals surface area (Å²) in [6.07, 6.45) is 4.05. The Kier molecular flexibility index (Phi) is 8.53. The molecular formula is C24H26Cl2N2O4. The minimum Gasteiger partial charge on any atom is -0.481 e. The van der Waals surface area contributed by atoms with Gasteiger partial charge in [0.15, 0.2) is 0 Å². The lowest BCUT2D eigenvalue weighted by molar-refractivity contribution is -0.138. The molecule has 32 heavy (non-hydrogen) atoms. The Morgan fingerprint density at radius 1 is 0.812 bits per heavy atom. The third kappa shape index (κ3) is 6.71. The highest BCUT2D eigenvalue weighted by atomic mass is 35.5. The standard InChI is InChI=1S/C24H26Cl2N2O4/c25-20-10-9-19(14-21(20)26)24(32)28-12-11-27-23(31)18-7-5-17(6-8-18)16-3-1-15(2-4-16)13-22(29)30/h5-10,14-16H,1-4,11-13H2,(H,27,31)(H,28,32)(H,29,30). The number of carboxylic acid groups (broad SMARTS) is 1. The molecule has 8 heteroatoms. The molecule has 2 aromatic rings. The van der Waals surface area contributed by atoms with Gasteiger partial charge in [-0.15, -0.1) is 0 Å². The summed E-state index contributed by atoms with van der Waals surface area (Å²) in [5.74, 6) is -0.539. The van der Waals surface area contributed by atoms with Gasteiger partial charge in [0, 0.05) is 30.6 Å². The van der Waals surface area contributed by atoms with Gasteiger partial charge in [0.25, 0.3) is 11.8 Å². The van der Waals surface area contributed by atoms with Crippen LogP contribution in [0.5, 0.6) is 0 Å². The van der Waals surface area contributed by atoms with Crippen LogP contribution in [0, 0.1) is 5.92 Å². The molecule has 0 aromatic heterocycles. The van der Waals surface area contributed by atoms with Gasteiger partial charge >= 0.3 is 5.97 Å². The monoisotopic (exact) mass is 476 g/mol. The van der Waals surface area contributed by atoms with E-state index in [1.54, 1.807) is 12.1 Å². The van der Waals surface area contributed by atoms with E-state index in [0.717, 1.165) is 25.7 Å². The van der Waals surface area contributed by atoms with Crippen molar-refractivity contribution in [2.75, 3.05) is 13.1 Å². The third-order valence-corrected chi connectivity index (χ3v) is 6.57. The predicted molar refractivity (Wildman–Crippen MR) is 125 cm³/mol. The number of carboxylic acids is 1. The largest absolute Gasteiger partial charge is 0.481 e. The highest BCUT2D eigenvalue weighted by molar-refractivity contribution is 6.42. The first-order chi connectivity index (χ1) is 15.3. The van der Waals surface area contributed by atoms with Gasteiger partial charge in [0.1, 0.15) is 0 Å². The van der Waals surface area contributed by atoms with E-state index in [1.807, 2.05) is 24.3 Å². The summed E-state index contributed by atoms with van der Waals surface area (Å²) in [5, 5.41) is 15.2. The fourth-order valence-corrected chi connectivity index (χ4v) is 4.35. The van der Waals surface area contributed by atoms with Crippen LogP contribution in [0.3, 0.4) is 0 Å². The van der Waals surface area contributed by atoms with Crippen molar-refractivity contribution in [2.45, 2.75) is 38.0 Å². The number of amides is 2. The van der Waals surface area contributed by atoms with E-state index < -0.39 is 5.97 Å². The molecule has 3 rings (SSSR count). The van der Waals surface area contributed by atoms with Gasteiger partial charge in [-0.3, -0.25) is 14.4 Å². The van der Waals surface area contributed by atoms with E-state index in [1.165, 1.54) is 11.6 Å². The van der Waals surface area contributed by atoms with Crippen molar-refractivity contribution in [1.29, 1.82) is 0 Å². The van der Waals surface area contributed by atoms with Crippen molar-refractivity contribution in [3.63, 3.8) is 0 Å². The van der Waals surface area contributed by atoms with E-state index in [0.29, 0.717) is 33.6 Å². The van der Waals surface area contributed by atoms with Crippen molar-refractivity contribution in [1.82, 2.24) is 10.6 Å². The zero-order chi connectivity index (χ0) is 23.1. The summed E-state index contributed by atoms with van der Waals surface area (Å²) in [7, 11) is 0. The Morgan fingerprint density at radius 3 is 1.94 bits per heavy atom. The first-order valence-electron chi connectivity index (χ1n) is 10.7. The summed E-state index contributed by atoms with van der Waals surface area (Å²) in [5.41, 5.74) is 2.15. The maximum atomic E-state index is 12.4. The van der Waals surface area contributed by atoms with Crippen LogP contribution in [-0.4, -0.2) is 36.0 Å². The number of aliphatic carboxylic acids is 1. The second-order valence-electron chi connectivity index (χ2n) is 8.08. The smallest absolute Gasteiger partial charge is 0.303 e. The molecule has 0 saturated heterocycles. The molecule has 0 heterocycles. The fraction of sp³-hybridized carbons (Fsp3) is 0.375. The van der Waals surface area contributed by atoms with Crippen LogP contribution in [0.4, 0.5) is 0 Å². The predicted octanol–water partition coefficient (Wildman–Crippen LogP) is 4.90.